The van der Waals surface area contributed by atoms with Crippen molar-refractivity contribution in [2.75, 3.05) is 13.1 Å². The normalized spacial score (nSPS) is 23.2. The van der Waals surface area contributed by atoms with Gasteiger partial charge in [-0.25, -0.2) is 0 Å². The molecule has 1 aliphatic heterocycles. The van der Waals surface area contributed by atoms with Gasteiger partial charge in [-0.1, -0.05) is 24.4 Å². The lowest BCUT2D eigenvalue weighted by atomic mass is 9.68. The van der Waals surface area contributed by atoms with Gasteiger partial charge in [0.05, 0.1) is 0 Å². The molecule has 4 nitrogen and oxygen atoms in total. The molecule has 2 heterocycles. The van der Waals surface area contributed by atoms with Crippen molar-refractivity contribution in [3.05, 3.63) is 18.0 Å². The van der Waals surface area contributed by atoms with Crippen LogP contribution in [0.1, 0.15) is 55.4 Å². The van der Waals surface area contributed by atoms with E-state index in [1.807, 2.05) is 4.90 Å². The van der Waals surface area contributed by atoms with E-state index in [1.165, 1.54) is 38.4 Å². The molecule has 0 atom stereocenters. The molecule has 1 spiro atoms. The summed E-state index contributed by atoms with van der Waals surface area (Å²) in [5.74, 6) is 0.0226. The van der Waals surface area contributed by atoms with Gasteiger partial charge in [-0.3, -0.25) is 4.79 Å². The average Bonchev–Trinajstić information content (AvgIpc) is 2.94. The van der Waals surface area contributed by atoms with Crippen LogP contribution in [0.3, 0.4) is 0 Å². The number of aromatic nitrogens is 1. The van der Waals surface area contributed by atoms with Crippen LogP contribution in [0.5, 0.6) is 0 Å². The van der Waals surface area contributed by atoms with Crippen LogP contribution in [0, 0.1) is 5.41 Å². The molecule has 1 aromatic heterocycles. The lowest BCUT2D eigenvalue weighted by Gasteiger charge is -2.44. The highest BCUT2D eigenvalue weighted by atomic mass is 16.5. The number of carbonyl (C=O) groups is 1. The Kier molecular flexibility index (Phi) is 3.10. The molecule has 98 valence electrons. The Bertz CT molecular complexity index is 397. The number of carbonyl (C=O) groups excluding carboxylic acids is 1. The summed E-state index contributed by atoms with van der Waals surface area (Å²) >= 11 is 0. The van der Waals surface area contributed by atoms with Crippen molar-refractivity contribution in [1.82, 2.24) is 10.1 Å². The van der Waals surface area contributed by atoms with Crippen LogP contribution in [0.15, 0.2) is 16.9 Å². The first-order chi connectivity index (χ1) is 8.79. The topological polar surface area (TPSA) is 46.3 Å². The zero-order valence-electron chi connectivity index (χ0n) is 10.7. The molecule has 1 saturated heterocycles. The SMILES string of the molecule is O=C(c1ccon1)N1CCC2(CCCCC2)CC1. The maximum Gasteiger partial charge on any atom is 0.276 e. The maximum atomic E-state index is 12.1. The smallest absolute Gasteiger partial charge is 0.276 e. The van der Waals surface area contributed by atoms with Gasteiger partial charge in [0.15, 0.2) is 5.69 Å². The fraction of sp³-hybridized carbons (Fsp3) is 0.714. The van der Waals surface area contributed by atoms with Crippen LogP contribution in [0.4, 0.5) is 0 Å². The first kappa shape index (κ1) is 11.8. The van der Waals surface area contributed by atoms with Gasteiger partial charge in [0.1, 0.15) is 6.26 Å². The van der Waals surface area contributed by atoms with Crippen molar-refractivity contribution in [1.29, 1.82) is 0 Å². The predicted molar refractivity (Wildman–Crippen MR) is 67.2 cm³/mol. The van der Waals surface area contributed by atoms with Gasteiger partial charge in [-0.2, -0.15) is 0 Å². The maximum absolute atomic E-state index is 12.1. The van der Waals surface area contributed by atoms with Gasteiger partial charge in [-0.15, -0.1) is 0 Å². The minimum atomic E-state index is 0.0226. The second kappa shape index (κ2) is 4.75. The molecule has 0 N–H and O–H groups in total. The lowest BCUT2D eigenvalue weighted by Crippen LogP contribution is -2.44. The van der Waals surface area contributed by atoms with Crippen molar-refractivity contribution in [2.24, 2.45) is 5.41 Å². The van der Waals surface area contributed by atoms with E-state index in [4.69, 9.17) is 4.52 Å². The number of hydrogen-bond acceptors (Lipinski definition) is 3. The van der Waals surface area contributed by atoms with Crippen LogP contribution < -0.4 is 0 Å². The lowest BCUT2D eigenvalue weighted by molar-refractivity contribution is 0.0464. The summed E-state index contributed by atoms with van der Waals surface area (Å²) in [5.41, 5.74) is 0.980. The van der Waals surface area contributed by atoms with Gasteiger partial charge in [-0.05, 0) is 31.1 Å². The van der Waals surface area contributed by atoms with E-state index in [9.17, 15) is 4.79 Å². The minimum Gasteiger partial charge on any atom is -0.364 e. The van der Waals surface area contributed by atoms with Crippen molar-refractivity contribution in [3.8, 4) is 0 Å². The van der Waals surface area contributed by atoms with E-state index in [1.54, 1.807) is 6.07 Å². The molecule has 1 saturated carbocycles. The Hall–Kier alpha value is -1.32. The summed E-state index contributed by atoms with van der Waals surface area (Å²) in [6.45, 7) is 1.76. The highest BCUT2D eigenvalue weighted by Gasteiger charge is 2.37. The quantitative estimate of drug-likeness (QED) is 0.767. The van der Waals surface area contributed by atoms with Gasteiger partial charge in [0.2, 0.25) is 0 Å². The molecular weight excluding hydrogens is 228 g/mol. The van der Waals surface area contributed by atoms with Gasteiger partial charge in [0.25, 0.3) is 5.91 Å². The van der Waals surface area contributed by atoms with Gasteiger partial charge < -0.3 is 9.42 Å². The molecule has 4 heteroatoms. The Labute approximate surface area is 107 Å². The van der Waals surface area contributed by atoms with E-state index in [-0.39, 0.29) is 5.91 Å². The Morgan fingerprint density at radius 1 is 1.17 bits per heavy atom. The van der Waals surface area contributed by atoms with E-state index in [2.05, 4.69) is 5.16 Å². The van der Waals surface area contributed by atoms with Crippen molar-refractivity contribution in [3.63, 3.8) is 0 Å². The van der Waals surface area contributed by atoms with Crippen LogP contribution in [-0.2, 0) is 0 Å². The first-order valence-electron chi connectivity index (χ1n) is 6.99. The van der Waals surface area contributed by atoms with E-state index in [0.29, 0.717) is 11.1 Å². The second-order valence-electron chi connectivity index (χ2n) is 5.74. The van der Waals surface area contributed by atoms with Crippen LogP contribution in [-0.4, -0.2) is 29.1 Å². The largest absolute Gasteiger partial charge is 0.364 e. The monoisotopic (exact) mass is 248 g/mol. The van der Waals surface area contributed by atoms with Crippen LogP contribution in [0.2, 0.25) is 0 Å². The number of nitrogens with zero attached hydrogens (tertiary/aromatic N) is 2. The molecule has 18 heavy (non-hydrogen) atoms. The summed E-state index contributed by atoms with van der Waals surface area (Å²) < 4.78 is 4.74. The molecule has 0 radical (unpaired) electrons. The minimum absolute atomic E-state index is 0.0226. The third-order valence-corrected chi connectivity index (χ3v) is 4.68. The molecule has 0 aromatic carbocycles. The highest BCUT2D eigenvalue weighted by Crippen LogP contribution is 2.44. The third kappa shape index (κ3) is 2.16. The summed E-state index contributed by atoms with van der Waals surface area (Å²) in [6.07, 6.45) is 10.6. The standard InChI is InChI=1S/C14H20N2O2/c17-13(12-4-11-18-15-12)16-9-7-14(8-10-16)5-2-1-3-6-14/h4,11H,1-3,5-10H2. The zero-order valence-corrected chi connectivity index (χ0v) is 10.7. The predicted octanol–water partition coefficient (Wildman–Crippen LogP) is 2.86. The second-order valence-corrected chi connectivity index (χ2v) is 5.74. The summed E-state index contributed by atoms with van der Waals surface area (Å²) in [4.78, 5) is 14.1. The number of hydrogen-bond donors (Lipinski definition) is 0. The highest BCUT2D eigenvalue weighted by molar-refractivity contribution is 5.92. The molecule has 1 amide bonds. The van der Waals surface area contributed by atoms with Gasteiger partial charge >= 0.3 is 0 Å². The molecule has 3 rings (SSSR count). The summed E-state index contributed by atoms with van der Waals surface area (Å²) in [6, 6.07) is 1.65. The Morgan fingerprint density at radius 2 is 1.89 bits per heavy atom. The van der Waals surface area contributed by atoms with Crippen molar-refractivity contribution >= 4 is 5.91 Å². The molecule has 2 fully saturated rings. The Morgan fingerprint density at radius 3 is 2.50 bits per heavy atom. The van der Waals surface area contributed by atoms with E-state index < -0.39 is 0 Å². The molecule has 1 aromatic rings. The first-order valence-corrected chi connectivity index (χ1v) is 6.99. The number of rotatable bonds is 1. The third-order valence-electron chi connectivity index (χ3n) is 4.68. The molecule has 2 aliphatic rings. The van der Waals surface area contributed by atoms with Crippen LogP contribution in [0.25, 0.3) is 0 Å². The summed E-state index contributed by atoms with van der Waals surface area (Å²) in [5, 5.41) is 3.73. The zero-order chi connectivity index (χ0) is 12.4. The average molecular weight is 248 g/mol. The molecule has 0 unspecified atom stereocenters. The number of likely N-dealkylation sites (tertiary alicyclic amines) is 1. The summed E-state index contributed by atoms with van der Waals surface area (Å²) in [7, 11) is 0. The molecule has 1 aliphatic carbocycles. The van der Waals surface area contributed by atoms with Crippen molar-refractivity contribution < 1.29 is 9.32 Å². The number of piperidine rings is 1. The fourth-order valence-electron chi connectivity index (χ4n) is 3.47. The van der Waals surface area contributed by atoms with E-state index in [0.717, 1.165) is 25.9 Å². The molecular formula is C14H20N2O2. The number of amides is 1. The molecule has 0 bridgehead atoms. The fourth-order valence-corrected chi connectivity index (χ4v) is 3.47. The van der Waals surface area contributed by atoms with Crippen molar-refractivity contribution in [2.45, 2.75) is 44.9 Å². The van der Waals surface area contributed by atoms with E-state index >= 15 is 0 Å². The van der Waals surface area contributed by atoms with Gasteiger partial charge in [0, 0.05) is 19.2 Å². The van der Waals surface area contributed by atoms with Crippen LogP contribution >= 0.6 is 0 Å². The Balaban J connectivity index is 1.61.